The lowest BCUT2D eigenvalue weighted by Crippen LogP contribution is -2.40. The first-order valence-corrected chi connectivity index (χ1v) is 9.95. The highest BCUT2D eigenvalue weighted by Gasteiger charge is 2.44. The van der Waals surface area contributed by atoms with Crippen molar-refractivity contribution >= 4 is 29.4 Å². The number of halogens is 1. The van der Waals surface area contributed by atoms with Crippen molar-refractivity contribution in [2.75, 3.05) is 14.2 Å². The Kier molecular flexibility index (Phi) is 6.40. The number of nitrogens with zero attached hydrogens (tertiary/aromatic N) is 1. The molecule has 4 amide bonds. The standard InChI is InChI=1S/C22H24ClN3O5/c1-22(2)20(28)26(21(29)25-22)12-14-7-5-13(6-8-14)11-24-19(27)15-9-16(23)18(31-4)17(10-15)30-3/h5-10H,11-12H2,1-4H3,(H,24,27)(H,25,29). The van der Waals surface area contributed by atoms with Gasteiger partial charge in [0.1, 0.15) is 5.54 Å². The molecule has 2 aromatic carbocycles. The van der Waals surface area contributed by atoms with E-state index in [4.69, 9.17) is 21.1 Å². The van der Waals surface area contributed by atoms with Crippen molar-refractivity contribution in [3.05, 3.63) is 58.1 Å². The quantitative estimate of drug-likeness (QED) is 0.638. The van der Waals surface area contributed by atoms with Gasteiger partial charge in [-0.2, -0.15) is 0 Å². The zero-order valence-electron chi connectivity index (χ0n) is 17.7. The molecule has 0 radical (unpaired) electrons. The van der Waals surface area contributed by atoms with Gasteiger partial charge in [-0.15, -0.1) is 0 Å². The van der Waals surface area contributed by atoms with Gasteiger partial charge in [-0.1, -0.05) is 35.9 Å². The Morgan fingerprint density at radius 3 is 2.29 bits per heavy atom. The van der Waals surface area contributed by atoms with Crippen LogP contribution in [0.25, 0.3) is 0 Å². The van der Waals surface area contributed by atoms with Crippen LogP contribution >= 0.6 is 11.6 Å². The number of amides is 4. The summed E-state index contributed by atoms with van der Waals surface area (Å²) in [6.07, 6.45) is 0. The molecule has 2 aromatic rings. The number of carbonyl (C=O) groups excluding carboxylic acids is 3. The number of urea groups is 1. The van der Waals surface area contributed by atoms with Crippen molar-refractivity contribution in [2.45, 2.75) is 32.5 Å². The highest BCUT2D eigenvalue weighted by molar-refractivity contribution is 6.32. The maximum absolute atomic E-state index is 12.5. The second-order valence-electron chi connectivity index (χ2n) is 7.64. The van der Waals surface area contributed by atoms with Gasteiger partial charge in [0.2, 0.25) is 0 Å². The molecule has 0 saturated carbocycles. The van der Waals surface area contributed by atoms with Gasteiger partial charge in [0.05, 0.1) is 25.8 Å². The second-order valence-corrected chi connectivity index (χ2v) is 8.05. The van der Waals surface area contributed by atoms with Crippen LogP contribution in [-0.2, 0) is 17.9 Å². The van der Waals surface area contributed by atoms with Crippen molar-refractivity contribution < 1.29 is 23.9 Å². The van der Waals surface area contributed by atoms with Crippen LogP contribution in [0.3, 0.4) is 0 Å². The fourth-order valence-electron chi connectivity index (χ4n) is 3.24. The predicted octanol–water partition coefficient (Wildman–Crippen LogP) is 3.12. The molecule has 31 heavy (non-hydrogen) atoms. The summed E-state index contributed by atoms with van der Waals surface area (Å²) in [4.78, 5) is 38.0. The molecule has 0 unspecified atom stereocenters. The number of hydrogen-bond donors (Lipinski definition) is 2. The van der Waals surface area contributed by atoms with E-state index >= 15 is 0 Å². The number of rotatable bonds is 7. The molecule has 1 aliphatic heterocycles. The van der Waals surface area contributed by atoms with Crippen LogP contribution in [0.15, 0.2) is 36.4 Å². The molecule has 0 spiro atoms. The first-order chi connectivity index (χ1) is 14.7. The molecule has 0 atom stereocenters. The topological polar surface area (TPSA) is 97.0 Å². The van der Waals surface area contributed by atoms with Crippen LogP contribution in [0.4, 0.5) is 4.79 Å². The average molecular weight is 446 g/mol. The first kappa shape index (κ1) is 22.4. The van der Waals surface area contributed by atoms with Crippen molar-refractivity contribution in [1.29, 1.82) is 0 Å². The highest BCUT2D eigenvalue weighted by atomic mass is 35.5. The molecule has 8 nitrogen and oxygen atoms in total. The molecular weight excluding hydrogens is 422 g/mol. The van der Waals surface area contributed by atoms with E-state index < -0.39 is 11.6 Å². The summed E-state index contributed by atoms with van der Waals surface area (Å²) in [5.74, 6) is 0.161. The fourth-order valence-corrected chi connectivity index (χ4v) is 3.53. The van der Waals surface area contributed by atoms with Crippen LogP contribution in [0.5, 0.6) is 11.5 Å². The number of ether oxygens (including phenoxy) is 2. The lowest BCUT2D eigenvalue weighted by atomic mass is 10.1. The van der Waals surface area contributed by atoms with E-state index in [0.29, 0.717) is 23.6 Å². The lowest BCUT2D eigenvalue weighted by molar-refractivity contribution is -0.130. The van der Waals surface area contributed by atoms with Crippen molar-refractivity contribution in [3.8, 4) is 11.5 Å². The molecule has 0 aliphatic carbocycles. The number of imide groups is 1. The van der Waals surface area contributed by atoms with Gasteiger partial charge in [-0.3, -0.25) is 14.5 Å². The Bertz CT molecular complexity index is 1020. The van der Waals surface area contributed by atoms with Gasteiger partial charge >= 0.3 is 6.03 Å². The van der Waals surface area contributed by atoms with Gasteiger partial charge in [0.25, 0.3) is 11.8 Å². The molecule has 1 fully saturated rings. The van der Waals surface area contributed by atoms with Crippen molar-refractivity contribution in [3.63, 3.8) is 0 Å². The van der Waals surface area contributed by atoms with E-state index in [1.165, 1.54) is 25.2 Å². The van der Waals surface area contributed by atoms with Crippen LogP contribution in [-0.4, -0.2) is 42.5 Å². The van der Waals surface area contributed by atoms with Gasteiger partial charge in [0.15, 0.2) is 11.5 Å². The number of benzene rings is 2. The third kappa shape index (κ3) is 4.74. The van der Waals surface area contributed by atoms with Gasteiger partial charge < -0.3 is 20.1 Å². The molecular formula is C22H24ClN3O5. The van der Waals surface area contributed by atoms with Crippen molar-refractivity contribution in [1.82, 2.24) is 15.5 Å². The Morgan fingerprint density at radius 2 is 1.74 bits per heavy atom. The zero-order chi connectivity index (χ0) is 22.8. The monoisotopic (exact) mass is 445 g/mol. The van der Waals surface area contributed by atoms with Crippen molar-refractivity contribution in [2.24, 2.45) is 0 Å². The SMILES string of the molecule is COc1cc(C(=O)NCc2ccc(CN3C(=O)NC(C)(C)C3=O)cc2)cc(Cl)c1OC. The second kappa shape index (κ2) is 8.85. The summed E-state index contributed by atoms with van der Waals surface area (Å²) in [7, 11) is 2.94. The summed E-state index contributed by atoms with van der Waals surface area (Å²) in [6, 6.07) is 9.98. The van der Waals surface area contributed by atoms with Gasteiger partial charge in [-0.05, 0) is 37.1 Å². The van der Waals surface area contributed by atoms with E-state index in [2.05, 4.69) is 10.6 Å². The molecule has 164 valence electrons. The molecule has 0 bridgehead atoms. The predicted molar refractivity (Wildman–Crippen MR) is 115 cm³/mol. The molecule has 1 heterocycles. The maximum Gasteiger partial charge on any atom is 0.325 e. The maximum atomic E-state index is 12.5. The summed E-state index contributed by atoms with van der Waals surface area (Å²) in [5, 5.41) is 5.76. The first-order valence-electron chi connectivity index (χ1n) is 9.58. The lowest BCUT2D eigenvalue weighted by Gasteiger charge is -2.16. The minimum Gasteiger partial charge on any atom is -0.493 e. The number of carbonyl (C=O) groups is 3. The van der Waals surface area contributed by atoms with E-state index in [9.17, 15) is 14.4 Å². The molecule has 3 rings (SSSR count). The minimum absolute atomic E-state index is 0.185. The average Bonchev–Trinajstić information content (AvgIpc) is 2.93. The third-order valence-electron chi connectivity index (χ3n) is 4.96. The summed E-state index contributed by atoms with van der Waals surface area (Å²) >= 11 is 6.16. The van der Waals surface area contributed by atoms with E-state index in [-0.39, 0.29) is 23.4 Å². The Hall–Kier alpha value is -3.26. The fraction of sp³-hybridized carbons (Fsp3) is 0.318. The summed E-state index contributed by atoms with van der Waals surface area (Å²) in [5.41, 5.74) is 1.12. The number of hydrogen-bond acceptors (Lipinski definition) is 5. The molecule has 1 saturated heterocycles. The Balaban J connectivity index is 1.62. The smallest absolute Gasteiger partial charge is 0.325 e. The number of nitrogens with one attached hydrogen (secondary N) is 2. The molecule has 0 aromatic heterocycles. The summed E-state index contributed by atoms with van der Waals surface area (Å²) in [6.45, 7) is 3.82. The normalized spacial score (nSPS) is 14.9. The van der Waals surface area contributed by atoms with Crippen LogP contribution < -0.4 is 20.1 Å². The molecule has 9 heteroatoms. The van der Waals surface area contributed by atoms with Crippen LogP contribution in [0, 0.1) is 0 Å². The molecule has 1 aliphatic rings. The van der Waals surface area contributed by atoms with E-state index in [1.807, 2.05) is 24.3 Å². The largest absolute Gasteiger partial charge is 0.493 e. The minimum atomic E-state index is -0.895. The van der Waals surface area contributed by atoms with Crippen LogP contribution in [0.1, 0.15) is 35.3 Å². The zero-order valence-corrected chi connectivity index (χ0v) is 18.5. The number of methoxy groups -OCH3 is 2. The third-order valence-corrected chi connectivity index (χ3v) is 5.24. The van der Waals surface area contributed by atoms with Crippen LogP contribution in [0.2, 0.25) is 5.02 Å². The van der Waals surface area contributed by atoms with E-state index in [1.54, 1.807) is 19.9 Å². The Labute approximate surface area is 185 Å². The summed E-state index contributed by atoms with van der Waals surface area (Å²) < 4.78 is 10.4. The van der Waals surface area contributed by atoms with Gasteiger partial charge in [0, 0.05) is 12.1 Å². The molecule has 2 N–H and O–H groups in total. The van der Waals surface area contributed by atoms with E-state index in [0.717, 1.165) is 11.1 Å². The Morgan fingerprint density at radius 1 is 1.10 bits per heavy atom. The van der Waals surface area contributed by atoms with Gasteiger partial charge in [-0.25, -0.2) is 4.79 Å². The highest BCUT2D eigenvalue weighted by Crippen LogP contribution is 2.36.